The van der Waals surface area contributed by atoms with Crippen LogP contribution in [-0.4, -0.2) is 26.6 Å². The smallest absolute Gasteiger partial charge is 0.225 e. The van der Waals surface area contributed by atoms with E-state index in [2.05, 4.69) is 5.32 Å². The van der Waals surface area contributed by atoms with Crippen molar-refractivity contribution in [3.05, 3.63) is 65.7 Å². The van der Waals surface area contributed by atoms with Gasteiger partial charge >= 0.3 is 0 Å². The SMILES string of the molecule is CC(N)C(C)C(=O)NC(c1ccccc1)c1cccc(S(C)(=O)=O)c1. The molecule has 0 bridgehead atoms. The Morgan fingerprint density at radius 1 is 1.00 bits per heavy atom. The maximum atomic E-state index is 12.5. The van der Waals surface area contributed by atoms with Crippen molar-refractivity contribution < 1.29 is 13.2 Å². The molecular weight excluding hydrogens is 336 g/mol. The highest BCUT2D eigenvalue weighted by molar-refractivity contribution is 7.90. The summed E-state index contributed by atoms with van der Waals surface area (Å²) in [5.41, 5.74) is 7.41. The van der Waals surface area contributed by atoms with E-state index in [1.807, 2.05) is 36.4 Å². The van der Waals surface area contributed by atoms with E-state index >= 15 is 0 Å². The fourth-order valence-electron chi connectivity index (χ4n) is 2.44. The lowest BCUT2D eigenvalue weighted by Gasteiger charge is -2.24. The first-order valence-electron chi connectivity index (χ1n) is 8.11. The van der Waals surface area contributed by atoms with Crippen molar-refractivity contribution in [3.63, 3.8) is 0 Å². The van der Waals surface area contributed by atoms with Gasteiger partial charge in [0, 0.05) is 18.2 Å². The summed E-state index contributed by atoms with van der Waals surface area (Å²) in [6, 6.07) is 15.4. The highest BCUT2D eigenvalue weighted by Crippen LogP contribution is 2.25. The quantitative estimate of drug-likeness (QED) is 0.827. The maximum absolute atomic E-state index is 12.5. The van der Waals surface area contributed by atoms with Gasteiger partial charge in [-0.25, -0.2) is 8.42 Å². The average Bonchev–Trinajstić information content (AvgIpc) is 2.58. The summed E-state index contributed by atoms with van der Waals surface area (Å²) in [6.07, 6.45) is 1.17. The van der Waals surface area contributed by atoms with Crippen molar-refractivity contribution in [2.24, 2.45) is 11.7 Å². The van der Waals surface area contributed by atoms with E-state index in [0.29, 0.717) is 5.56 Å². The molecule has 0 saturated heterocycles. The monoisotopic (exact) mass is 360 g/mol. The summed E-state index contributed by atoms with van der Waals surface area (Å²) in [5, 5.41) is 3.00. The van der Waals surface area contributed by atoms with Crippen molar-refractivity contribution in [1.82, 2.24) is 5.32 Å². The number of carbonyl (C=O) groups excluding carboxylic acids is 1. The molecule has 6 heteroatoms. The topological polar surface area (TPSA) is 89.3 Å². The molecule has 0 spiro atoms. The Labute approximate surface area is 149 Å². The van der Waals surface area contributed by atoms with E-state index in [9.17, 15) is 13.2 Å². The minimum atomic E-state index is -3.33. The van der Waals surface area contributed by atoms with Crippen LogP contribution >= 0.6 is 0 Å². The van der Waals surface area contributed by atoms with Gasteiger partial charge in [-0.1, -0.05) is 49.4 Å². The van der Waals surface area contributed by atoms with Gasteiger partial charge in [0.1, 0.15) is 0 Å². The predicted octanol–water partition coefficient (Wildman–Crippen LogP) is 2.28. The molecule has 0 radical (unpaired) electrons. The first kappa shape index (κ1) is 19.1. The summed E-state index contributed by atoms with van der Waals surface area (Å²) < 4.78 is 23.7. The van der Waals surface area contributed by atoms with E-state index < -0.39 is 15.9 Å². The van der Waals surface area contributed by atoms with Gasteiger partial charge in [0.15, 0.2) is 9.84 Å². The zero-order valence-corrected chi connectivity index (χ0v) is 15.5. The third kappa shape index (κ3) is 4.90. The number of amides is 1. The average molecular weight is 360 g/mol. The molecule has 0 aliphatic rings. The molecule has 0 fully saturated rings. The van der Waals surface area contributed by atoms with Crippen molar-refractivity contribution >= 4 is 15.7 Å². The van der Waals surface area contributed by atoms with Crippen LogP contribution in [0.3, 0.4) is 0 Å². The molecule has 0 aliphatic heterocycles. The minimum Gasteiger partial charge on any atom is -0.345 e. The zero-order valence-electron chi connectivity index (χ0n) is 14.6. The molecular formula is C19H24N2O3S. The molecule has 0 aliphatic carbocycles. The maximum Gasteiger partial charge on any atom is 0.225 e. The van der Waals surface area contributed by atoms with Crippen molar-refractivity contribution in [3.8, 4) is 0 Å². The Morgan fingerprint density at radius 3 is 2.16 bits per heavy atom. The molecule has 25 heavy (non-hydrogen) atoms. The second-order valence-corrected chi connectivity index (χ2v) is 8.36. The Hall–Kier alpha value is -2.18. The number of sulfone groups is 1. The fraction of sp³-hybridized carbons (Fsp3) is 0.316. The molecule has 0 aromatic heterocycles. The number of carbonyl (C=O) groups is 1. The van der Waals surface area contributed by atoms with Crippen LogP contribution in [-0.2, 0) is 14.6 Å². The van der Waals surface area contributed by atoms with Gasteiger partial charge in [0.25, 0.3) is 0 Å². The normalized spacial score (nSPS) is 15.2. The molecule has 3 N–H and O–H groups in total. The van der Waals surface area contributed by atoms with Gasteiger partial charge in [0.05, 0.1) is 10.9 Å². The molecule has 5 nitrogen and oxygen atoms in total. The first-order chi connectivity index (χ1) is 11.7. The summed E-state index contributed by atoms with van der Waals surface area (Å²) in [5.74, 6) is -0.530. The van der Waals surface area contributed by atoms with Crippen LogP contribution in [0.4, 0.5) is 0 Å². The van der Waals surface area contributed by atoms with E-state index in [4.69, 9.17) is 5.73 Å². The Kier molecular flexibility index (Phi) is 5.98. The van der Waals surface area contributed by atoms with Crippen LogP contribution in [0.5, 0.6) is 0 Å². The number of nitrogens with two attached hydrogens (primary N) is 1. The van der Waals surface area contributed by atoms with E-state index in [-0.39, 0.29) is 22.8 Å². The van der Waals surface area contributed by atoms with Gasteiger partial charge < -0.3 is 11.1 Å². The van der Waals surface area contributed by atoms with Crippen LogP contribution in [0.2, 0.25) is 0 Å². The van der Waals surface area contributed by atoms with Crippen LogP contribution in [0.15, 0.2) is 59.5 Å². The van der Waals surface area contributed by atoms with Gasteiger partial charge in [-0.05, 0) is 30.2 Å². The van der Waals surface area contributed by atoms with Gasteiger partial charge in [-0.15, -0.1) is 0 Å². The molecule has 2 aromatic rings. The van der Waals surface area contributed by atoms with Crippen molar-refractivity contribution in [2.75, 3.05) is 6.26 Å². The van der Waals surface area contributed by atoms with Crippen LogP contribution in [0.25, 0.3) is 0 Å². The van der Waals surface area contributed by atoms with Crippen LogP contribution in [0.1, 0.15) is 31.0 Å². The first-order valence-corrected chi connectivity index (χ1v) is 10.00. The summed E-state index contributed by atoms with van der Waals surface area (Å²) in [7, 11) is -3.33. The molecule has 1 amide bonds. The molecule has 134 valence electrons. The molecule has 0 heterocycles. The second kappa shape index (κ2) is 7.80. The summed E-state index contributed by atoms with van der Waals surface area (Å²) in [6.45, 7) is 3.56. The van der Waals surface area contributed by atoms with E-state index in [1.54, 1.807) is 32.0 Å². The third-order valence-electron chi connectivity index (χ3n) is 4.24. The molecule has 2 aromatic carbocycles. The van der Waals surface area contributed by atoms with Crippen molar-refractivity contribution in [2.45, 2.75) is 30.8 Å². The van der Waals surface area contributed by atoms with E-state index in [1.165, 1.54) is 6.26 Å². The number of rotatable bonds is 6. The zero-order chi connectivity index (χ0) is 18.6. The largest absolute Gasteiger partial charge is 0.345 e. The van der Waals surface area contributed by atoms with E-state index in [0.717, 1.165) is 5.56 Å². The molecule has 2 rings (SSSR count). The van der Waals surface area contributed by atoms with Crippen molar-refractivity contribution in [1.29, 1.82) is 0 Å². The highest BCUT2D eigenvalue weighted by atomic mass is 32.2. The Balaban J connectivity index is 2.44. The van der Waals surface area contributed by atoms with Gasteiger partial charge in [0.2, 0.25) is 5.91 Å². The van der Waals surface area contributed by atoms with Gasteiger partial charge in [-0.2, -0.15) is 0 Å². The Bertz CT molecular complexity index is 833. The second-order valence-electron chi connectivity index (χ2n) is 6.34. The lowest BCUT2D eigenvalue weighted by Crippen LogP contribution is -2.40. The number of hydrogen-bond acceptors (Lipinski definition) is 4. The number of hydrogen-bond donors (Lipinski definition) is 2. The van der Waals surface area contributed by atoms with Crippen LogP contribution in [0, 0.1) is 5.92 Å². The lowest BCUT2D eigenvalue weighted by atomic mass is 9.96. The molecule has 3 unspecified atom stereocenters. The Morgan fingerprint density at radius 2 is 1.60 bits per heavy atom. The molecule has 3 atom stereocenters. The minimum absolute atomic E-state index is 0.173. The summed E-state index contributed by atoms with van der Waals surface area (Å²) >= 11 is 0. The number of nitrogens with one attached hydrogen (secondary N) is 1. The van der Waals surface area contributed by atoms with Gasteiger partial charge in [-0.3, -0.25) is 4.79 Å². The lowest BCUT2D eigenvalue weighted by molar-refractivity contribution is -0.125. The standard InChI is InChI=1S/C19H24N2O3S/c1-13(14(2)20)19(22)21-18(15-8-5-4-6-9-15)16-10-7-11-17(12-16)25(3,23)24/h4-14,18H,20H2,1-3H3,(H,21,22). The predicted molar refractivity (Wildman–Crippen MR) is 98.8 cm³/mol. The van der Waals surface area contributed by atoms with Crippen LogP contribution < -0.4 is 11.1 Å². The molecule has 0 saturated carbocycles. The number of benzene rings is 2. The fourth-order valence-corrected chi connectivity index (χ4v) is 3.12. The third-order valence-corrected chi connectivity index (χ3v) is 5.35. The summed E-state index contributed by atoms with van der Waals surface area (Å²) in [4.78, 5) is 12.7. The highest BCUT2D eigenvalue weighted by Gasteiger charge is 2.23.